The number of nitrogens with zero attached hydrogens (tertiary/aromatic N) is 4. The van der Waals surface area contributed by atoms with Crippen molar-refractivity contribution < 1.29 is 25.8 Å². The summed E-state index contributed by atoms with van der Waals surface area (Å²) in [6.45, 7) is 22.3. The molecule has 268 valence electrons. The van der Waals surface area contributed by atoms with Crippen LogP contribution in [0.5, 0.6) is 11.5 Å². The van der Waals surface area contributed by atoms with E-state index in [4.69, 9.17) is 14.8 Å². The van der Waals surface area contributed by atoms with Crippen molar-refractivity contribution in [1.82, 2.24) is 19.3 Å². The molecule has 0 saturated heterocycles. The van der Waals surface area contributed by atoms with Gasteiger partial charge in [0.25, 0.3) is 0 Å². The first kappa shape index (κ1) is 37.3. The number of aromatic nitrogens is 4. The third-order valence-corrected chi connectivity index (χ3v) is 9.80. The van der Waals surface area contributed by atoms with Crippen LogP contribution in [0.25, 0.3) is 44.4 Å². The van der Waals surface area contributed by atoms with Crippen molar-refractivity contribution >= 4 is 21.8 Å². The first-order valence-electron chi connectivity index (χ1n) is 18.1. The first-order valence-corrected chi connectivity index (χ1v) is 18.1. The van der Waals surface area contributed by atoms with E-state index >= 15 is 0 Å². The zero-order valence-corrected chi connectivity index (χ0v) is 34.2. The predicted octanol–water partition coefficient (Wildman–Crippen LogP) is 12.3. The summed E-state index contributed by atoms with van der Waals surface area (Å²) in [5, 5.41) is 7.13. The van der Waals surface area contributed by atoms with Crippen LogP contribution in [0.1, 0.15) is 103 Å². The molecule has 0 aliphatic carbocycles. The number of rotatable bonds is 7. The van der Waals surface area contributed by atoms with Crippen LogP contribution >= 0.6 is 0 Å². The third kappa shape index (κ3) is 7.13. The van der Waals surface area contributed by atoms with E-state index in [-0.39, 0.29) is 31.9 Å². The molecule has 0 atom stereocenters. The van der Waals surface area contributed by atoms with Gasteiger partial charge in [-0.15, -0.1) is 41.3 Å². The second-order valence-electron chi connectivity index (χ2n) is 16.4. The molecule has 0 bridgehead atoms. The van der Waals surface area contributed by atoms with Gasteiger partial charge in [0.15, 0.2) is 0 Å². The van der Waals surface area contributed by atoms with Crippen molar-refractivity contribution in [2.24, 2.45) is 0 Å². The maximum Gasteiger partial charge on any atom is 2.00 e. The van der Waals surface area contributed by atoms with Gasteiger partial charge in [0.05, 0.1) is 6.20 Å². The molecule has 0 aliphatic heterocycles. The summed E-state index contributed by atoms with van der Waals surface area (Å²) in [7, 11) is 0. The van der Waals surface area contributed by atoms with E-state index in [2.05, 4.69) is 165 Å². The molecule has 3 aromatic heterocycles. The average molecular weight is 868 g/mol. The molecule has 0 unspecified atom stereocenters. The Labute approximate surface area is 323 Å². The van der Waals surface area contributed by atoms with Crippen molar-refractivity contribution in [3.8, 4) is 34.1 Å². The standard InChI is InChI=1S/C46H48N4O.Pt/c1-29(2)37-15-13-16-38(30(3)4)44(37)31-27-48-49(28-31)34-22-33(46(8,9)10)23-36(25-34)51-35-18-19-40-39-14-11-12-17-41(39)50(42(40)26-35)43-24-32(20-21-47-43)45(5,6)7;/h11-24,27-30H,1-10H3;/q-2;+2. The summed E-state index contributed by atoms with van der Waals surface area (Å²) in [5.74, 6) is 2.87. The van der Waals surface area contributed by atoms with E-state index in [1.54, 1.807) is 0 Å². The van der Waals surface area contributed by atoms with Crippen molar-refractivity contribution in [1.29, 1.82) is 0 Å². The van der Waals surface area contributed by atoms with Crippen molar-refractivity contribution in [3.63, 3.8) is 0 Å². The van der Waals surface area contributed by atoms with Crippen LogP contribution < -0.4 is 4.74 Å². The molecule has 0 amide bonds. The van der Waals surface area contributed by atoms with Crippen molar-refractivity contribution in [3.05, 3.63) is 132 Å². The summed E-state index contributed by atoms with van der Waals surface area (Å²) in [4.78, 5) is 4.83. The van der Waals surface area contributed by atoms with Gasteiger partial charge in [0, 0.05) is 35.0 Å². The van der Waals surface area contributed by atoms with Gasteiger partial charge in [-0.25, -0.2) is 4.98 Å². The number of ether oxygens (including phenoxy) is 1. The number of hydrogen-bond donors (Lipinski definition) is 0. The number of hydrogen-bond acceptors (Lipinski definition) is 3. The quantitative estimate of drug-likeness (QED) is 0.150. The molecule has 4 aromatic carbocycles. The molecular formula is C46H48N4OPt. The topological polar surface area (TPSA) is 44.9 Å². The van der Waals surface area contributed by atoms with Gasteiger partial charge in [-0.05, 0) is 74.2 Å². The smallest absolute Gasteiger partial charge is 0.509 e. The summed E-state index contributed by atoms with van der Waals surface area (Å²) in [6, 6.07) is 34.9. The van der Waals surface area contributed by atoms with E-state index in [1.165, 1.54) is 22.3 Å². The predicted molar refractivity (Wildman–Crippen MR) is 211 cm³/mol. The number of benzene rings is 4. The Kier molecular flexibility index (Phi) is 10.2. The Morgan fingerprint density at radius 1 is 0.692 bits per heavy atom. The van der Waals surface area contributed by atoms with E-state index in [0.29, 0.717) is 23.3 Å². The Hall–Kier alpha value is -4.47. The van der Waals surface area contributed by atoms with Crippen LogP contribution in [0.15, 0.2) is 97.5 Å². The first-order chi connectivity index (χ1) is 24.2. The van der Waals surface area contributed by atoms with E-state index in [9.17, 15) is 0 Å². The maximum absolute atomic E-state index is 6.66. The molecule has 6 heteroatoms. The zero-order chi connectivity index (χ0) is 36.2. The Balaban J connectivity index is 0.00000464. The molecule has 5 nitrogen and oxygen atoms in total. The Morgan fingerprint density at radius 2 is 1.38 bits per heavy atom. The Bertz CT molecular complexity index is 2360. The zero-order valence-electron chi connectivity index (χ0n) is 31.9. The molecule has 0 aliphatic rings. The number of pyridine rings is 1. The summed E-state index contributed by atoms with van der Waals surface area (Å²) in [5.41, 5.74) is 10.1. The number of para-hydroxylation sites is 1. The summed E-state index contributed by atoms with van der Waals surface area (Å²) in [6.07, 6.45) is 6.01. The third-order valence-electron chi connectivity index (χ3n) is 9.80. The molecule has 3 heterocycles. The van der Waals surface area contributed by atoms with Crippen LogP contribution in [-0.4, -0.2) is 19.3 Å². The van der Waals surface area contributed by atoms with E-state index < -0.39 is 0 Å². The van der Waals surface area contributed by atoms with Gasteiger partial charge in [0.1, 0.15) is 5.82 Å². The van der Waals surface area contributed by atoms with Crippen LogP contribution in [-0.2, 0) is 31.9 Å². The summed E-state index contributed by atoms with van der Waals surface area (Å²) < 4.78 is 10.8. The van der Waals surface area contributed by atoms with Gasteiger partial charge in [-0.1, -0.05) is 111 Å². The second-order valence-corrected chi connectivity index (χ2v) is 16.4. The molecule has 52 heavy (non-hydrogen) atoms. The minimum atomic E-state index is -0.128. The maximum atomic E-state index is 6.66. The molecule has 0 spiro atoms. The van der Waals surface area contributed by atoms with Crippen molar-refractivity contribution in [2.75, 3.05) is 0 Å². The van der Waals surface area contributed by atoms with Crippen LogP contribution in [0.3, 0.4) is 0 Å². The molecular weight excluding hydrogens is 820 g/mol. The molecule has 0 fully saturated rings. The van der Waals surface area contributed by atoms with E-state index in [0.717, 1.165) is 44.4 Å². The molecule has 7 rings (SSSR count). The largest absolute Gasteiger partial charge is 2.00 e. The van der Waals surface area contributed by atoms with Gasteiger partial charge >= 0.3 is 21.1 Å². The molecule has 0 radical (unpaired) electrons. The van der Waals surface area contributed by atoms with Crippen LogP contribution in [0.4, 0.5) is 0 Å². The minimum absolute atomic E-state index is 0. The van der Waals surface area contributed by atoms with Crippen molar-refractivity contribution in [2.45, 2.75) is 91.9 Å². The summed E-state index contributed by atoms with van der Waals surface area (Å²) >= 11 is 0. The fourth-order valence-corrected chi connectivity index (χ4v) is 6.91. The molecule has 7 aromatic rings. The van der Waals surface area contributed by atoms with Gasteiger partial charge < -0.3 is 9.30 Å². The van der Waals surface area contributed by atoms with Gasteiger partial charge in [-0.2, -0.15) is 11.2 Å². The second kappa shape index (κ2) is 14.2. The number of fused-ring (bicyclic) bond motifs is 3. The molecule has 0 saturated carbocycles. The monoisotopic (exact) mass is 867 g/mol. The van der Waals surface area contributed by atoms with E-state index in [1.807, 2.05) is 23.1 Å². The normalized spacial score (nSPS) is 12.2. The minimum Gasteiger partial charge on any atom is -0.509 e. The average Bonchev–Trinajstić information content (AvgIpc) is 3.70. The Morgan fingerprint density at radius 3 is 2.06 bits per heavy atom. The van der Waals surface area contributed by atoms with Crippen LogP contribution in [0, 0.1) is 12.1 Å². The van der Waals surface area contributed by atoms with Crippen LogP contribution in [0.2, 0.25) is 0 Å². The molecule has 0 N–H and O–H groups in total. The fourth-order valence-electron chi connectivity index (χ4n) is 6.91. The van der Waals surface area contributed by atoms with Gasteiger partial charge in [-0.3, -0.25) is 4.68 Å². The SMILES string of the molecule is CC(C)c1cccc(C(C)C)c1-c1cnn(-c2[c-]c(Oc3[c-]c4c(cc3)c3ccccc3n4-c3cc(C(C)(C)C)ccn3)cc(C(C)(C)C)c2)c1.[Pt+2]. The fraction of sp³-hybridized carbons (Fsp3) is 0.304. The van der Waals surface area contributed by atoms with Gasteiger partial charge in [0.2, 0.25) is 0 Å².